The van der Waals surface area contributed by atoms with Crippen LogP contribution in [0.15, 0.2) is 53.3 Å². The molecule has 1 saturated carbocycles. The lowest BCUT2D eigenvalue weighted by Gasteiger charge is -2.37. The Morgan fingerprint density at radius 2 is 1.84 bits per heavy atom. The van der Waals surface area contributed by atoms with Gasteiger partial charge in [0.15, 0.2) is 5.11 Å². The predicted molar refractivity (Wildman–Crippen MR) is 137 cm³/mol. The van der Waals surface area contributed by atoms with Crippen LogP contribution in [0.5, 0.6) is 0 Å². The van der Waals surface area contributed by atoms with E-state index >= 15 is 0 Å². The Kier molecular flexibility index (Phi) is 6.95. The third-order valence-electron chi connectivity index (χ3n) is 6.63. The van der Waals surface area contributed by atoms with Gasteiger partial charge in [-0.2, -0.15) is 0 Å². The van der Waals surface area contributed by atoms with E-state index in [1.54, 1.807) is 0 Å². The summed E-state index contributed by atoms with van der Waals surface area (Å²) in [6, 6.07) is 17.1. The fourth-order valence-electron chi connectivity index (χ4n) is 4.89. The maximum atomic E-state index is 13.0. The minimum absolute atomic E-state index is 0.0239. The summed E-state index contributed by atoms with van der Waals surface area (Å²) >= 11 is 5.91. The first-order chi connectivity index (χ1) is 15.4. The predicted octanol–water partition coefficient (Wildman–Crippen LogP) is 5.92. The normalized spacial score (nSPS) is 15.5. The van der Waals surface area contributed by atoms with Crippen LogP contribution in [0.25, 0.3) is 10.9 Å². The Labute approximate surface area is 196 Å². The summed E-state index contributed by atoms with van der Waals surface area (Å²) in [5.74, 6) is 0. The van der Waals surface area contributed by atoms with Crippen LogP contribution in [0, 0.1) is 13.8 Å². The van der Waals surface area contributed by atoms with Gasteiger partial charge in [0.2, 0.25) is 0 Å². The van der Waals surface area contributed by atoms with Crippen molar-refractivity contribution in [1.82, 2.24) is 15.2 Å². The molecule has 1 fully saturated rings. The highest BCUT2D eigenvalue weighted by Gasteiger charge is 2.25. The third kappa shape index (κ3) is 5.04. The Morgan fingerprint density at radius 1 is 1.12 bits per heavy atom. The van der Waals surface area contributed by atoms with E-state index < -0.39 is 0 Å². The van der Waals surface area contributed by atoms with Gasteiger partial charge >= 0.3 is 0 Å². The van der Waals surface area contributed by atoms with Crippen molar-refractivity contribution in [2.75, 3.05) is 0 Å². The maximum absolute atomic E-state index is 13.0. The second-order valence-electron chi connectivity index (χ2n) is 9.17. The maximum Gasteiger partial charge on any atom is 0.253 e. The molecule has 0 unspecified atom stereocenters. The van der Waals surface area contributed by atoms with Crippen molar-refractivity contribution in [2.45, 2.75) is 71.5 Å². The van der Waals surface area contributed by atoms with Gasteiger partial charge in [-0.3, -0.25) is 4.79 Å². The highest BCUT2D eigenvalue weighted by Crippen LogP contribution is 2.26. The summed E-state index contributed by atoms with van der Waals surface area (Å²) in [4.78, 5) is 18.4. The van der Waals surface area contributed by atoms with Crippen molar-refractivity contribution < 1.29 is 0 Å². The number of hydrogen-bond acceptors (Lipinski definition) is 2. The summed E-state index contributed by atoms with van der Waals surface area (Å²) in [5.41, 5.74) is 5.17. The highest BCUT2D eigenvalue weighted by molar-refractivity contribution is 7.80. The van der Waals surface area contributed by atoms with Crippen molar-refractivity contribution in [2.24, 2.45) is 0 Å². The van der Waals surface area contributed by atoms with Crippen LogP contribution in [0.2, 0.25) is 0 Å². The summed E-state index contributed by atoms with van der Waals surface area (Å²) in [5, 5.41) is 5.34. The monoisotopic (exact) mass is 447 g/mol. The van der Waals surface area contributed by atoms with Crippen molar-refractivity contribution in [1.29, 1.82) is 0 Å². The molecule has 1 aromatic heterocycles. The summed E-state index contributed by atoms with van der Waals surface area (Å²) in [7, 11) is 0. The number of nitrogens with one attached hydrogen (secondary N) is 2. The fourth-order valence-corrected chi connectivity index (χ4v) is 5.28. The second kappa shape index (κ2) is 9.86. The molecule has 4 nitrogen and oxygen atoms in total. The van der Waals surface area contributed by atoms with Crippen LogP contribution < -0.4 is 10.9 Å². The smallest absolute Gasteiger partial charge is 0.253 e. The number of fused-ring (bicyclic) bond motifs is 1. The minimum Gasteiger partial charge on any atom is -0.356 e. The molecule has 2 aromatic carbocycles. The van der Waals surface area contributed by atoms with Gasteiger partial charge in [0.05, 0.1) is 18.1 Å². The molecule has 0 bridgehead atoms. The van der Waals surface area contributed by atoms with Gasteiger partial charge in [-0.1, -0.05) is 61.2 Å². The largest absolute Gasteiger partial charge is 0.356 e. The molecule has 1 heterocycles. The quantitative estimate of drug-likeness (QED) is 0.477. The molecular formula is C27H33N3OS. The van der Waals surface area contributed by atoms with Gasteiger partial charge in [-0.05, 0) is 74.5 Å². The molecule has 0 aliphatic heterocycles. The number of H-pyrrole nitrogens is 1. The van der Waals surface area contributed by atoms with Gasteiger partial charge in [-0.25, -0.2) is 0 Å². The van der Waals surface area contributed by atoms with Gasteiger partial charge < -0.3 is 15.2 Å². The lowest BCUT2D eigenvalue weighted by Crippen LogP contribution is -2.47. The summed E-state index contributed by atoms with van der Waals surface area (Å²) in [6.45, 7) is 6.80. The summed E-state index contributed by atoms with van der Waals surface area (Å²) in [6.07, 6.45) is 5.94. The van der Waals surface area contributed by atoms with E-state index in [2.05, 4.69) is 53.3 Å². The van der Waals surface area contributed by atoms with Crippen LogP contribution in [-0.4, -0.2) is 21.0 Å². The van der Waals surface area contributed by atoms with Crippen molar-refractivity contribution in [3.05, 3.63) is 81.1 Å². The zero-order chi connectivity index (χ0) is 22.7. The van der Waals surface area contributed by atoms with Crippen LogP contribution in [0.1, 0.15) is 67.3 Å². The van der Waals surface area contributed by atoms with E-state index in [9.17, 15) is 4.79 Å². The molecule has 1 aliphatic carbocycles. The van der Waals surface area contributed by atoms with E-state index in [4.69, 9.17) is 12.2 Å². The standard InChI is InChI=1S/C27H33N3OS/c1-18-14-19(2)25-22(15-18)16-23(26(31)29-25)17-30(24-12-8-5-9-13-24)27(32)28-20(3)21-10-6-4-7-11-21/h4,6-7,10-11,14-16,20,24H,5,8-9,12-13,17H2,1-3H3,(H,28,32)(H,29,31)/t20-/m1/s1. The molecule has 0 spiro atoms. The number of hydrogen-bond donors (Lipinski definition) is 2. The zero-order valence-electron chi connectivity index (χ0n) is 19.3. The van der Waals surface area contributed by atoms with E-state index in [1.165, 1.54) is 30.4 Å². The lowest BCUT2D eigenvalue weighted by atomic mass is 9.94. The van der Waals surface area contributed by atoms with Crippen molar-refractivity contribution in [3.8, 4) is 0 Å². The van der Waals surface area contributed by atoms with Crippen LogP contribution in [0.4, 0.5) is 0 Å². The van der Waals surface area contributed by atoms with Gasteiger partial charge in [0, 0.05) is 11.6 Å². The van der Waals surface area contributed by atoms with Crippen LogP contribution in [-0.2, 0) is 6.54 Å². The number of aryl methyl sites for hydroxylation is 2. The first-order valence-electron chi connectivity index (χ1n) is 11.7. The SMILES string of the molecule is Cc1cc(C)c2[nH]c(=O)c(CN(C(=S)N[C@H](C)c3ccccc3)C3CCCCC3)cc2c1. The molecule has 2 N–H and O–H groups in total. The van der Waals surface area contributed by atoms with Gasteiger partial charge in [0.25, 0.3) is 5.56 Å². The first kappa shape index (κ1) is 22.5. The molecule has 1 aliphatic rings. The Bertz CT molecular complexity index is 1150. The number of aromatic amines is 1. The number of pyridine rings is 1. The Hall–Kier alpha value is -2.66. The molecular weight excluding hydrogens is 414 g/mol. The molecule has 5 heteroatoms. The average molecular weight is 448 g/mol. The highest BCUT2D eigenvalue weighted by atomic mass is 32.1. The lowest BCUT2D eigenvalue weighted by molar-refractivity contribution is 0.233. The number of benzene rings is 2. The number of rotatable bonds is 5. The molecule has 0 radical (unpaired) electrons. The van der Waals surface area contributed by atoms with Crippen LogP contribution in [0.3, 0.4) is 0 Å². The zero-order valence-corrected chi connectivity index (χ0v) is 20.1. The van der Waals surface area contributed by atoms with E-state index in [0.29, 0.717) is 12.6 Å². The van der Waals surface area contributed by atoms with E-state index in [1.807, 2.05) is 31.2 Å². The number of thiocarbonyl (C=S) groups is 1. The Morgan fingerprint density at radius 3 is 2.56 bits per heavy atom. The molecule has 3 aromatic rings. The molecule has 0 amide bonds. The first-order valence-corrected chi connectivity index (χ1v) is 12.1. The van der Waals surface area contributed by atoms with Crippen molar-refractivity contribution >= 4 is 28.2 Å². The van der Waals surface area contributed by atoms with E-state index in [-0.39, 0.29) is 11.6 Å². The van der Waals surface area contributed by atoms with Gasteiger partial charge in [0.1, 0.15) is 0 Å². The minimum atomic E-state index is -0.0239. The third-order valence-corrected chi connectivity index (χ3v) is 6.98. The number of nitrogens with zero attached hydrogens (tertiary/aromatic N) is 1. The Balaban J connectivity index is 1.63. The molecule has 4 rings (SSSR count). The van der Waals surface area contributed by atoms with Crippen LogP contribution >= 0.6 is 12.2 Å². The van der Waals surface area contributed by atoms with E-state index in [0.717, 1.165) is 40.0 Å². The molecule has 32 heavy (non-hydrogen) atoms. The fraction of sp³-hybridized carbons (Fsp3) is 0.407. The molecule has 1 atom stereocenters. The number of aromatic nitrogens is 1. The van der Waals surface area contributed by atoms with Gasteiger partial charge in [-0.15, -0.1) is 0 Å². The molecule has 0 saturated heterocycles. The molecule has 168 valence electrons. The average Bonchev–Trinajstić information content (AvgIpc) is 2.79. The topological polar surface area (TPSA) is 48.1 Å². The second-order valence-corrected chi connectivity index (χ2v) is 9.56. The van der Waals surface area contributed by atoms with Crippen molar-refractivity contribution in [3.63, 3.8) is 0 Å². The summed E-state index contributed by atoms with van der Waals surface area (Å²) < 4.78 is 0.